The van der Waals surface area contributed by atoms with Gasteiger partial charge in [-0.2, -0.15) is 0 Å². The monoisotopic (exact) mass is 473 g/mol. The third kappa shape index (κ3) is 6.25. The van der Waals surface area contributed by atoms with Crippen LogP contribution in [0.4, 0.5) is 16.2 Å². The molecule has 1 N–H and O–H groups in total. The Morgan fingerprint density at radius 3 is 2.48 bits per heavy atom. The molecule has 0 saturated carbocycles. The SMILES string of the molecule is CCN(Cc1ccccc1NC(=O)c1cccc(N2CCCS2(=O)=O)c1)C(=O)OC(C)(C)C. The number of carbonyl (C=O) groups is 2. The Morgan fingerprint density at radius 1 is 1.12 bits per heavy atom. The highest BCUT2D eigenvalue weighted by Gasteiger charge is 2.29. The zero-order valence-electron chi connectivity index (χ0n) is 19.5. The normalized spacial score (nSPS) is 15.2. The van der Waals surface area contributed by atoms with Crippen LogP contribution in [-0.2, 0) is 21.3 Å². The van der Waals surface area contributed by atoms with Crippen LogP contribution >= 0.6 is 0 Å². The van der Waals surface area contributed by atoms with E-state index in [-0.39, 0.29) is 18.2 Å². The molecule has 1 aliphatic rings. The number of anilines is 2. The molecule has 3 rings (SSSR count). The van der Waals surface area contributed by atoms with E-state index < -0.39 is 21.7 Å². The summed E-state index contributed by atoms with van der Waals surface area (Å²) in [6.07, 6.45) is 0.142. The number of hydrogen-bond acceptors (Lipinski definition) is 5. The van der Waals surface area contributed by atoms with E-state index in [0.29, 0.717) is 36.4 Å². The van der Waals surface area contributed by atoms with Crippen molar-refractivity contribution in [1.29, 1.82) is 0 Å². The van der Waals surface area contributed by atoms with Crippen molar-refractivity contribution in [3.05, 3.63) is 59.7 Å². The molecule has 178 valence electrons. The van der Waals surface area contributed by atoms with Gasteiger partial charge in [-0.25, -0.2) is 13.2 Å². The van der Waals surface area contributed by atoms with Gasteiger partial charge in [-0.15, -0.1) is 0 Å². The van der Waals surface area contributed by atoms with Crippen molar-refractivity contribution in [2.24, 2.45) is 0 Å². The largest absolute Gasteiger partial charge is 0.444 e. The highest BCUT2D eigenvalue weighted by molar-refractivity contribution is 7.93. The lowest BCUT2D eigenvalue weighted by molar-refractivity contribution is 0.0245. The third-order valence-corrected chi connectivity index (χ3v) is 7.03. The maximum Gasteiger partial charge on any atom is 0.410 e. The van der Waals surface area contributed by atoms with Gasteiger partial charge >= 0.3 is 6.09 Å². The summed E-state index contributed by atoms with van der Waals surface area (Å²) in [5.74, 6) is -0.247. The summed E-state index contributed by atoms with van der Waals surface area (Å²) in [6.45, 7) is 8.44. The van der Waals surface area contributed by atoms with Gasteiger partial charge in [-0.3, -0.25) is 9.10 Å². The first-order valence-corrected chi connectivity index (χ1v) is 12.6. The number of nitrogens with zero attached hydrogens (tertiary/aromatic N) is 2. The molecule has 9 heteroatoms. The zero-order valence-corrected chi connectivity index (χ0v) is 20.3. The number of carbonyl (C=O) groups excluding carboxylic acids is 2. The number of hydrogen-bond donors (Lipinski definition) is 1. The van der Waals surface area contributed by atoms with Crippen LogP contribution in [0.1, 0.15) is 50.0 Å². The quantitative estimate of drug-likeness (QED) is 0.677. The van der Waals surface area contributed by atoms with Crippen LogP contribution in [0.5, 0.6) is 0 Å². The van der Waals surface area contributed by atoms with Crippen LogP contribution in [0.2, 0.25) is 0 Å². The fraction of sp³-hybridized carbons (Fsp3) is 0.417. The molecule has 1 aliphatic heterocycles. The van der Waals surface area contributed by atoms with Crippen LogP contribution in [0.25, 0.3) is 0 Å². The van der Waals surface area contributed by atoms with Gasteiger partial charge < -0.3 is 15.0 Å². The standard InChI is InChI=1S/C24H31N3O5S/c1-5-26(23(29)32-24(2,3)4)17-19-10-6-7-13-21(19)25-22(28)18-11-8-12-20(16-18)27-14-9-15-33(27,30)31/h6-8,10-13,16H,5,9,14-15,17H2,1-4H3,(H,25,28). The van der Waals surface area contributed by atoms with Crippen molar-refractivity contribution in [1.82, 2.24) is 4.90 Å². The lowest BCUT2D eigenvalue weighted by Crippen LogP contribution is -2.36. The molecule has 8 nitrogen and oxygen atoms in total. The average molecular weight is 474 g/mol. The fourth-order valence-corrected chi connectivity index (χ4v) is 5.10. The molecule has 1 saturated heterocycles. The van der Waals surface area contributed by atoms with Crippen molar-refractivity contribution in [3.63, 3.8) is 0 Å². The van der Waals surface area contributed by atoms with Crippen molar-refractivity contribution < 1.29 is 22.7 Å². The predicted molar refractivity (Wildman–Crippen MR) is 129 cm³/mol. The summed E-state index contributed by atoms with van der Waals surface area (Å²) in [5.41, 5.74) is 1.56. The molecular weight excluding hydrogens is 442 g/mol. The van der Waals surface area contributed by atoms with Gasteiger partial charge in [0.2, 0.25) is 10.0 Å². The van der Waals surface area contributed by atoms with Crippen molar-refractivity contribution >= 4 is 33.4 Å². The molecule has 0 atom stereocenters. The van der Waals surface area contributed by atoms with Crippen LogP contribution < -0.4 is 9.62 Å². The highest BCUT2D eigenvalue weighted by Crippen LogP contribution is 2.26. The van der Waals surface area contributed by atoms with Crippen molar-refractivity contribution in [2.45, 2.75) is 46.3 Å². The smallest absolute Gasteiger partial charge is 0.410 e. The summed E-state index contributed by atoms with van der Waals surface area (Å²) < 4.78 is 31.3. The molecule has 2 aromatic rings. The molecule has 0 unspecified atom stereocenters. The Labute approximate surface area is 195 Å². The Kier molecular flexibility index (Phi) is 7.31. The van der Waals surface area contributed by atoms with E-state index in [1.807, 2.05) is 39.8 Å². The summed E-state index contributed by atoms with van der Waals surface area (Å²) in [5, 5.41) is 2.90. The maximum atomic E-state index is 13.0. The van der Waals surface area contributed by atoms with Crippen LogP contribution in [0, 0.1) is 0 Å². The molecule has 2 amide bonds. The van der Waals surface area contributed by atoms with Gasteiger partial charge in [-0.05, 0) is 63.9 Å². The minimum Gasteiger partial charge on any atom is -0.444 e. The van der Waals surface area contributed by atoms with Gasteiger partial charge in [0.15, 0.2) is 0 Å². The Morgan fingerprint density at radius 2 is 1.85 bits per heavy atom. The van der Waals surface area contributed by atoms with Crippen LogP contribution in [0.15, 0.2) is 48.5 Å². The molecule has 2 aromatic carbocycles. The summed E-state index contributed by atoms with van der Waals surface area (Å²) in [6, 6.07) is 13.8. The molecule has 0 aliphatic carbocycles. The Bertz CT molecular complexity index is 1120. The first-order valence-electron chi connectivity index (χ1n) is 11.0. The van der Waals surface area contributed by atoms with Crippen LogP contribution in [0.3, 0.4) is 0 Å². The van der Waals surface area contributed by atoms with E-state index in [1.54, 1.807) is 41.3 Å². The minimum atomic E-state index is -3.33. The van der Waals surface area contributed by atoms with Gasteiger partial charge in [-0.1, -0.05) is 24.3 Å². The van der Waals surface area contributed by atoms with Gasteiger partial charge in [0.1, 0.15) is 5.60 Å². The topological polar surface area (TPSA) is 96.0 Å². The van der Waals surface area contributed by atoms with Crippen LogP contribution in [-0.4, -0.2) is 49.8 Å². The molecule has 1 fully saturated rings. The molecule has 0 bridgehead atoms. The second-order valence-electron chi connectivity index (χ2n) is 8.90. The first kappa shape index (κ1) is 24.6. The van der Waals surface area contributed by atoms with Crippen molar-refractivity contribution in [2.75, 3.05) is 28.5 Å². The molecule has 0 radical (unpaired) electrons. The highest BCUT2D eigenvalue weighted by atomic mass is 32.2. The number of para-hydroxylation sites is 1. The molecule has 0 spiro atoms. The minimum absolute atomic E-state index is 0.113. The van der Waals surface area contributed by atoms with E-state index in [1.165, 1.54) is 4.31 Å². The molecule has 33 heavy (non-hydrogen) atoms. The number of nitrogens with one attached hydrogen (secondary N) is 1. The second kappa shape index (κ2) is 9.82. The van der Waals surface area contributed by atoms with E-state index in [9.17, 15) is 18.0 Å². The Hall–Kier alpha value is -3.07. The summed E-state index contributed by atoms with van der Waals surface area (Å²) in [7, 11) is -3.33. The summed E-state index contributed by atoms with van der Waals surface area (Å²) >= 11 is 0. The molecule has 1 heterocycles. The second-order valence-corrected chi connectivity index (χ2v) is 10.9. The van der Waals surface area contributed by atoms with Crippen molar-refractivity contribution in [3.8, 4) is 0 Å². The fourth-order valence-electron chi connectivity index (χ4n) is 3.54. The van der Waals surface area contributed by atoms with E-state index in [4.69, 9.17) is 4.74 Å². The van der Waals surface area contributed by atoms with E-state index in [2.05, 4.69) is 5.32 Å². The van der Waals surface area contributed by atoms with E-state index in [0.717, 1.165) is 5.56 Å². The zero-order chi connectivity index (χ0) is 24.2. The van der Waals surface area contributed by atoms with Gasteiger partial charge in [0.25, 0.3) is 5.91 Å². The summed E-state index contributed by atoms with van der Waals surface area (Å²) in [4.78, 5) is 27.1. The lowest BCUT2D eigenvalue weighted by atomic mass is 10.1. The van der Waals surface area contributed by atoms with Gasteiger partial charge in [0, 0.05) is 24.3 Å². The third-order valence-electron chi connectivity index (χ3n) is 5.16. The lowest BCUT2D eigenvalue weighted by Gasteiger charge is -2.27. The van der Waals surface area contributed by atoms with E-state index >= 15 is 0 Å². The number of sulfonamides is 1. The Balaban J connectivity index is 1.78. The molecule has 0 aromatic heterocycles. The molecular formula is C24H31N3O5S. The van der Waals surface area contributed by atoms with Gasteiger partial charge in [0.05, 0.1) is 18.0 Å². The number of ether oxygens (including phenoxy) is 1. The maximum absolute atomic E-state index is 13.0. The number of rotatable bonds is 6. The predicted octanol–water partition coefficient (Wildman–Crippen LogP) is 4.24. The number of amides is 2. The first-order chi connectivity index (χ1) is 15.5. The average Bonchev–Trinajstić information content (AvgIpc) is 3.10. The number of benzene rings is 2.